The maximum atomic E-state index is 12.9. The maximum absolute atomic E-state index is 12.9. The lowest BCUT2D eigenvalue weighted by Crippen LogP contribution is -2.78. The lowest BCUT2D eigenvalue weighted by atomic mass is 9.48. The molecule has 2 saturated carbocycles. The summed E-state index contributed by atoms with van der Waals surface area (Å²) in [7, 11) is 0. The standard InChI is InChI=1S/C27H33N3O4/c31-20-5-4-18-13-21-27(33)9-7-19(29-22(32)6-3-16-8-11-28-14-16)25-26(27,23(18)24(20)34-25)10-12-30(21)15-17-1-2-17/h4-5,8,11,14,17,19,21,25,28,31,33H,1-3,6-7,9-10,12-13,15H2,(H,29,32)/t19-,21-,25+,26+,27-/m1/s1. The normalized spacial score (nSPS) is 35.5. The van der Waals surface area contributed by atoms with Gasteiger partial charge >= 0.3 is 0 Å². The number of nitrogens with one attached hydrogen (secondary N) is 2. The molecular weight excluding hydrogens is 430 g/mol. The van der Waals surface area contributed by atoms with Gasteiger partial charge in [0.25, 0.3) is 0 Å². The van der Waals surface area contributed by atoms with Crippen LogP contribution in [0.15, 0.2) is 30.6 Å². The number of aromatic hydroxyl groups is 1. The van der Waals surface area contributed by atoms with Crippen molar-refractivity contribution in [3.8, 4) is 11.5 Å². The van der Waals surface area contributed by atoms with Crippen LogP contribution in [0.5, 0.6) is 11.5 Å². The molecule has 3 heterocycles. The lowest BCUT2D eigenvalue weighted by Gasteiger charge is -2.64. The number of H-pyrrole nitrogens is 1. The third-order valence-electron chi connectivity index (χ3n) is 9.41. The summed E-state index contributed by atoms with van der Waals surface area (Å²) < 4.78 is 6.52. The van der Waals surface area contributed by atoms with E-state index in [9.17, 15) is 15.0 Å². The van der Waals surface area contributed by atoms with Gasteiger partial charge in [-0.3, -0.25) is 9.69 Å². The first-order valence-electron chi connectivity index (χ1n) is 12.9. The Labute approximate surface area is 199 Å². The molecule has 4 N–H and O–H groups in total. The minimum atomic E-state index is -0.913. The van der Waals surface area contributed by atoms with Gasteiger partial charge in [0.2, 0.25) is 5.91 Å². The number of hydrogen-bond donors (Lipinski definition) is 4. The minimum Gasteiger partial charge on any atom is -0.504 e. The molecule has 7 nitrogen and oxygen atoms in total. The summed E-state index contributed by atoms with van der Waals surface area (Å²) >= 11 is 0. The van der Waals surface area contributed by atoms with E-state index < -0.39 is 11.0 Å². The molecule has 0 radical (unpaired) electrons. The fourth-order valence-corrected chi connectivity index (χ4v) is 7.68. The number of ether oxygens (including phenoxy) is 1. The molecule has 7 rings (SSSR count). The van der Waals surface area contributed by atoms with Crippen LogP contribution < -0.4 is 10.1 Å². The van der Waals surface area contributed by atoms with E-state index in [1.54, 1.807) is 6.07 Å². The maximum Gasteiger partial charge on any atom is 0.220 e. The fourth-order valence-electron chi connectivity index (χ4n) is 7.68. The molecule has 3 aliphatic carbocycles. The average molecular weight is 464 g/mol. The van der Waals surface area contributed by atoms with Crippen molar-refractivity contribution in [1.82, 2.24) is 15.2 Å². The number of amides is 1. The lowest BCUT2D eigenvalue weighted by molar-refractivity contribution is -0.192. The summed E-state index contributed by atoms with van der Waals surface area (Å²) in [5.74, 6) is 1.45. The number of carbonyl (C=O) groups is 1. The van der Waals surface area contributed by atoms with Crippen LogP contribution in [0.2, 0.25) is 0 Å². The second-order valence-corrected chi connectivity index (χ2v) is 11.2. The number of rotatable bonds is 6. The Balaban J connectivity index is 1.22. The molecule has 5 aliphatic rings. The van der Waals surface area contributed by atoms with E-state index in [-0.39, 0.29) is 29.8 Å². The number of nitrogens with zero attached hydrogens (tertiary/aromatic N) is 1. The highest BCUT2D eigenvalue weighted by atomic mass is 16.5. The molecule has 5 atom stereocenters. The van der Waals surface area contributed by atoms with Gasteiger partial charge in [0.1, 0.15) is 6.10 Å². The molecule has 1 aromatic carbocycles. The van der Waals surface area contributed by atoms with Crippen LogP contribution in [0.25, 0.3) is 0 Å². The highest BCUT2D eigenvalue weighted by molar-refractivity contribution is 5.77. The van der Waals surface area contributed by atoms with Gasteiger partial charge in [-0.25, -0.2) is 0 Å². The van der Waals surface area contributed by atoms with Gasteiger partial charge in [0.05, 0.1) is 17.1 Å². The first-order chi connectivity index (χ1) is 16.5. The van der Waals surface area contributed by atoms with Crippen LogP contribution in [0.4, 0.5) is 0 Å². The van der Waals surface area contributed by atoms with Crippen molar-refractivity contribution in [3.63, 3.8) is 0 Å². The van der Waals surface area contributed by atoms with Gasteiger partial charge in [-0.2, -0.15) is 0 Å². The zero-order valence-corrected chi connectivity index (χ0v) is 19.4. The summed E-state index contributed by atoms with van der Waals surface area (Å²) in [5, 5.41) is 26.4. The summed E-state index contributed by atoms with van der Waals surface area (Å²) in [6.45, 7) is 1.99. The summed E-state index contributed by atoms with van der Waals surface area (Å²) in [6.07, 6.45) is 10.0. The number of phenols is 1. The van der Waals surface area contributed by atoms with E-state index in [1.807, 2.05) is 24.5 Å². The van der Waals surface area contributed by atoms with E-state index in [0.29, 0.717) is 31.4 Å². The van der Waals surface area contributed by atoms with Crippen LogP contribution in [-0.2, 0) is 23.1 Å². The van der Waals surface area contributed by atoms with Crippen LogP contribution in [0.1, 0.15) is 55.2 Å². The smallest absolute Gasteiger partial charge is 0.220 e. The van der Waals surface area contributed by atoms with Crippen molar-refractivity contribution in [2.45, 2.75) is 80.6 Å². The number of aryl methyl sites for hydroxylation is 1. The Kier molecular flexibility index (Phi) is 4.44. The monoisotopic (exact) mass is 463 g/mol. The highest BCUT2D eigenvalue weighted by Crippen LogP contribution is 2.65. The SMILES string of the molecule is O=C(CCc1cc[nH]c1)N[C@@H]1CC[C@@]2(O)[C@H]3Cc4ccc(O)c5c4[C@@]2(CCN3CC2CC2)[C@H]1O5. The highest BCUT2D eigenvalue weighted by Gasteiger charge is 2.73. The second kappa shape index (κ2) is 7.25. The zero-order valence-electron chi connectivity index (χ0n) is 19.4. The van der Waals surface area contributed by atoms with Crippen molar-refractivity contribution in [3.05, 3.63) is 47.3 Å². The molecule has 1 amide bonds. The van der Waals surface area contributed by atoms with Crippen LogP contribution >= 0.6 is 0 Å². The molecule has 2 bridgehead atoms. The predicted octanol–water partition coefficient (Wildman–Crippen LogP) is 2.40. The summed E-state index contributed by atoms with van der Waals surface area (Å²) in [5.41, 5.74) is 1.81. The molecule has 1 aromatic heterocycles. The van der Waals surface area contributed by atoms with Crippen molar-refractivity contribution in [1.29, 1.82) is 0 Å². The van der Waals surface area contributed by atoms with E-state index >= 15 is 0 Å². The van der Waals surface area contributed by atoms with Crippen LogP contribution in [0.3, 0.4) is 0 Å². The minimum absolute atomic E-state index is 0.00979. The van der Waals surface area contributed by atoms with Gasteiger partial charge in [-0.05, 0) is 80.7 Å². The third-order valence-corrected chi connectivity index (χ3v) is 9.41. The number of phenolic OH excluding ortho intramolecular Hbond substituents is 1. The molecule has 0 unspecified atom stereocenters. The van der Waals surface area contributed by atoms with E-state index in [4.69, 9.17) is 4.74 Å². The largest absolute Gasteiger partial charge is 0.504 e. The number of aromatic amines is 1. The van der Waals surface area contributed by atoms with Gasteiger partial charge < -0.3 is 25.3 Å². The summed E-state index contributed by atoms with van der Waals surface area (Å²) in [6, 6.07) is 5.62. The Bertz CT molecular complexity index is 1130. The van der Waals surface area contributed by atoms with Crippen LogP contribution in [-0.4, -0.2) is 62.9 Å². The molecule has 34 heavy (non-hydrogen) atoms. The van der Waals surface area contributed by atoms with E-state index in [0.717, 1.165) is 43.0 Å². The molecule has 1 spiro atoms. The zero-order chi connectivity index (χ0) is 23.1. The number of piperidine rings is 1. The molecule has 7 heteroatoms. The van der Waals surface area contributed by atoms with Gasteiger partial charge in [0, 0.05) is 37.0 Å². The van der Waals surface area contributed by atoms with Crippen molar-refractivity contribution < 1.29 is 19.7 Å². The predicted molar refractivity (Wildman–Crippen MR) is 126 cm³/mol. The molecule has 3 fully saturated rings. The average Bonchev–Trinajstić information content (AvgIpc) is 3.33. The van der Waals surface area contributed by atoms with Gasteiger partial charge in [-0.1, -0.05) is 6.07 Å². The molecular formula is C27H33N3O4. The third kappa shape index (κ3) is 2.80. The van der Waals surface area contributed by atoms with Gasteiger partial charge in [-0.15, -0.1) is 0 Å². The number of aliphatic hydroxyl groups is 1. The number of carbonyl (C=O) groups excluding carboxylic acids is 1. The summed E-state index contributed by atoms with van der Waals surface area (Å²) in [4.78, 5) is 18.5. The molecule has 2 aliphatic heterocycles. The molecule has 180 valence electrons. The van der Waals surface area contributed by atoms with Crippen molar-refractivity contribution >= 4 is 5.91 Å². The molecule has 2 aromatic rings. The molecule has 1 saturated heterocycles. The Hall–Kier alpha value is -2.51. The first kappa shape index (κ1) is 20.8. The Morgan fingerprint density at radius 1 is 1.24 bits per heavy atom. The first-order valence-corrected chi connectivity index (χ1v) is 12.9. The van der Waals surface area contributed by atoms with E-state index in [1.165, 1.54) is 18.4 Å². The Morgan fingerprint density at radius 2 is 2.12 bits per heavy atom. The van der Waals surface area contributed by atoms with Crippen molar-refractivity contribution in [2.24, 2.45) is 5.92 Å². The van der Waals surface area contributed by atoms with Crippen LogP contribution in [0, 0.1) is 5.92 Å². The number of hydrogen-bond acceptors (Lipinski definition) is 5. The fraction of sp³-hybridized carbons (Fsp3) is 0.593. The topological polar surface area (TPSA) is 97.8 Å². The number of likely N-dealkylation sites (tertiary alicyclic amines) is 1. The van der Waals surface area contributed by atoms with Gasteiger partial charge in [0.15, 0.2) is 11.5 Å². The Morgan fingerprint density at radius 3 is 2.91 bits per heavy atom. The number of aromatic nitrogens is 1. The van der Waals surface area contributed by atoms with Crippen molar-refractivity contribution in [2.75, 3.05) is 13.1 Å². The number of benzene rings is 1. The van der Waals surface area contributed by atoms with E-state index in [2.05, 4.69) is 15.2 Å². The quantitative estimate of drug-likeness (QED) is 0.528. The second-order valence-electron chi connectivity index (χ2n) is 11.2.